The SMILES string of the molecule is Cc1cccc(N(C)S(=O)(=O)c2cccc(C(=O)NC3CC3)c2)c1. The number of benzene rings is 2. The lowest BCUT2D eigenvalue weighted by molar-refractivity contribution is 0.0951. The van der Waals surface area contributed by atoms with Crippen molar-refractivity contribution in [2.75, 3.05) is 11.4 Å². The van der Waals surface area contributed by atoms with Crippen molar-refractivity contribution in [3.05, 3.63) is 59.7 Å². The fourth-order valence-electron chi connectivity index (χ4n) is 2.41. The van der Waals surface area contributed by atoms with Gasteiger partial charge in [-0.15, -0.1) is 0 Å². The van der Waals surface area contributed by atoms with Crippen molar-refractivity contribution >= 4 is 21.6 Å². The summed E-state index contributed by atoms with van der Waals surface area (Å²) in [5.74, 6) is -0.229. The van der Waals surface area contributed by atoms with Gasteiger partial charge in [0.25, 0.3) is 15.9 Å². The highest BCUT2D eigenvalue weighted by Gasteiger charge is 2.26. The second kappa shape index (κ2) is 6.28. The predicted octanol–water partition coefficient (Wildman–Crippen LogP) is 2.71. The Morgan fingerprint density at radius 3 is 2.50 bits per heavy atom. The second-order valence-electron chi connectivity index (χ2n) is 6.09. The van der Waals surface area contributed by atoms with E-state index in [9.17, 15) is 13.2 Å². The average molecular weight is 344 g/mol. The molecule has 6 heteroatoms. The molecule has 0 heterocycles. The third kappa shape index (κ3) is 3.43. The third-order valence-electron chi connectivity index (χ3n) is 4.03. The maximum atomic E-state index is 12.8. The van der Waals surface area contributed by atoms with Gasteiger partial charge in [0.1, 0.15) is 0 Å². The van der Waals surface area contributed by atoms with Crippen molar-refractivity contribution in [3.63, 3.8) is 0 Å². The highest BCUT2D eigenvalue weighted by atomic mass is 32.2. The maximum Gasteiger partial charge on any atom is 0.264 e. The molecule has 1 amide bonds. The first-order valence-electron chi connectivity index (χ1n) is 7.84. The van der Waals surface area contributed by atoms with E-state index in [1.807, 2.05) is 19.1 Å². The smallest absolute Gasteiger partial charge is 0.264 e. The van der Waals surface area contributed by atoms with Crippen LogP contribution in [0.4, 0.5) is 5.69 Å². The molecule has 0 radical (unpaired) electrons. The minimum absolute atomic E-state index is 0.106. The van der Waals surface area contributed by atoms with Crippen LogP contribution in [0.15, 0.2) is 53.4 Å². The first kappa shape index (κ1) is 16.5. The number of hydrogen-bond donors (Lipinski definition) is 1. The topological polar surface area (TPSA) is 66.5 Å². The lowest BCUT2D eigenvalue weighted by Gasteiger charge is -2.20. The van der Waals surface area contributed by atoms with E-state index in [2.05, 4.69) is 5.32 Å². The molecule has 2 aromatic carbocycles. The van der Waals surface area contributed by atoms with Crippen molar-refractivity contribution in [2.24, 2.45) is 0 Å². The number of rotatable bonds is 5. The number of nitrogens with one attached hydrogen (secondary N) is 1. The largest absolute Gasteiger partial charge is 0.349 e. The molecule has 1 N–H and O–H groups in total. The quantitative estimate of drug-likeness (QED) is 0.907. The van der Waals surface area contributed by atoms with E-state index in [0.717, 1.165) is 18.4 Å². The molecule has 3 rings (SSSR count). The minimum Gasteiger partial charge on any atom is -0.349 e. The van der Waals surface area contributed by atoms with Gasteiger partial charge in [0.05, 0.1) is 10.6 Å². The summed E-state index contributed by atoms with van der Waals surface area (Å²) in [4.78, 5) is 12.2. The monoisotopic (exact) mass is 344 g/mol. The Balaban J connectivity index is 1.90. The standard InChI is InChI=1S/C18H20N2O3S/c1-13-5-3-7-16(11-13)20(2)24(22,23)17-8-4-6-14(12-17)18(21)19-15-9-10-15/h3-8,11-12,15H,9-10H2,1-2H3,(H,19,21). The summed E-state index contributed by atoms with van der Waals surface area (Å²) in [5.41, 5.74) is 1.93. The number of amides is 1. The average Bonchev–Trinajstić information content (AvgIpc) is 3.38. The van der Waals surface area contributed by atoms with Gasteiger partial charge in [0.15, 0.2) is 0 Å². The van der Waals surface area contributed by atoms with Gasteiger partial charge in [-0.05, 0) is 55.7 Å². The van der Waals surface area contributed by atoms with E-state index in [1.54, 1.807) is 24.3 Å². The fraction of sp³-hybridized carbons (Fsp3) is 0.278. The Morgan fingerprint density at radius 1 is 1.12 bits per heavy atom. The molecular weight excluding hydrogens is 324 g/mol. The molecule has 1 aliphatic rings. The summed E-state index contributed by atoms with van der Waals surface area (Å²) >= 11 is 0. The Labute approximate surface area is 142 Å². The van der Waals surface area contributed by atoms with Crippen LogP contribution in [0.1, 0.15) is 28.8 Å². The first-order chi connectivity index (χ1) is 11.4. The van der Waals surface area contributed by atoms with E-state index < -0.39 is 10.0 Å². The number of carbonyl (C=O) groups is 1. The molecule has 0 unspecified atom stereocenters. The third-order valence-corrected chi connectivity index (χ3v) is 5.81. The molecule has 5 nitrogen and oxygen atoms in total. The van der Waals surface area contributed by atoms with E-state index in [0.29, 0.717) is 11.3 Å². The molecule has 1 aliphatic carbocycles. The van der Waals surface area contributed by atoms with E-state index in [1.165, 1.54) is 23.5 Å². The zero-order chi connectivity index (χ0) is 17.3. The molecule has 1 fully saturated rings. The van der Waals surface area contributed by atoms with Gasteiger partial charge in [0.2, 0.25) is 0 Å². The normalized spacial score (nSPS) is 14.2. The first-order valence-corrected chi connectivity index (χ1v) is 9.28. The summed E-state index contributed by atoms with van der Waals surface area (Å²) in [5, 5.41) is 2.87. The van der Waals surface area contributed by atoms with E-state index >= 15 is 0 Å². The second-order valence-corrected chi connectivity index (χ2v) is 8.06. The number of sulfonamides is 1. The molecule has 0 atom stereocenters. The van der Waals surface area contributed by atoms with Crippen LogP contribution in [0, 0.1) is 6.92 Å². The van der Waals surface area contributed by atoms with E-state index in [-0.39, 0.29) is 16.8 Å². The Hall–Kier alpha value is -2.34. The molecule has 126 valence electrons. The van der Waals surface area contributed by atoms with Crippen molar-refractivity contribution < 1.29 is 13.2 Å². The van der Waals surface area contributed by atoms with Gasteiger partial charge in [-0.25, -0.2) is 8.42 Å². The van der Waals surface area contributed by atoms with Gasteiger partial charge in [-0.1, -0.05) is 18.2 Å². The van der Waals surface area contributed by atoms with Crippen molar-refractivity contribution in [2.45, 2.75) is 30.7 Å². The van der Waals surface area contributed by atoms with Gasteiger partial charge >= 0.3 is 0 Å². The summed E-state index contributed by atoms with van der Waals surface area (Å²) < 4.78 is 26.9. The van der Waals surface area contributed by atoms with Gasteiger partial charge in [-0.3, -0.25) is 9.10 Å². The maximum absolute atomic E-state index is 12.8. The molecule has 1 saturated carbocycles. The summed E-state index contributed by atoms with van der Waals surface area (Å²) in [6.07, 6.45) is 1.97. The van der Waals surface area contributed by atoms with Crippen molar-refractivity contribution in [3.8, 4) is 0 Å². The van der Waals surface area contributed by atoms with Crippen LogP contribution in [0.2, 0.25) is 0 Å². The summed E-state index contributed by atoms with van der Waals surface area (Å²) in [6, 6.07) is 13.7. The molecule has 0 aromatic heterocycles. The van der Waals surface area contributed by atoms with Crippen molar-refractivity contribution in [1.29, 1.82) is 0 Å². The molecule has 0 spiro atoms. The number of carbonyl (C=O) groups excluding carboxylic acids is 1. The fourth-order valence-corrected chi connectivity index (χ4v) is 3.65. The molecule has 2 aromatic rings. The summed E-state index contributed by atoms with van der Waals surface area (Å²) in [7, 11) is -2.21. The lowest BCUT2D eigenvalue weighted by Crippen LogP contribution is -2.28. The van der Waals surface area contributed by atoms with Crippen LogP contribution in [0.5, 0.6) is 0 Å². The molecule has 24 heavy (non-hydrogen) atoms. The van der Waals surface area contributed by atoms with Crippen LogP contribution in [0.25, 0.3) is 0 Å². The predicted molar refractivity (Wildman–Crippen MR) is 93.7 cm³/mol. The number of anilines is 1. The Kier molecular flexibility index (Phi) is 4.32. The number of hydrogen-bond acceptors (Lipinski definition) is 3. The zero-order valence-corrected chi connectivity index (χ0v) is 14.5. The number of aryl methyl sites for hydroxylation is 1. The lowest BCUT2D eigenvalue weighted by atomic mass is 10.2. The van der Waals surface area contributed by atoms with Crippen LogP contribution >= 0.6 is 0 Å². The van der Waals surface area contributed by atoms with Crippen LogP contribution in [-0.4, -0.2) is 27.4 Å². The molecule has 0 aliphatic heterocycles. The molecule has 0 saturated heterocycles. The number of nitrogens with zero attached hydrogens (tertiary/aromatic N) is 1. The van der Waals surface area contributed by atoms with Gasteiger partial charge < -0.3 is 5.32 Å². The minimum atomic E-state index is -3.72. The van der Waals surface area contributed by atoms with Crippen LogP contribution in [-0.2, 0) is 10.0 Å². The molecule has 0 bridgehead atoms. The highest BCUT2D eigenvalue weighted by Crippen LogP contribution is 2.24. The van der Waals surface area contributed by atoms with Gasteiger partial charge in [0, 0.05) is 18.7 Å². The Bertz CT molecular complexity index is 873. The van der Waals surface area contributed by atoms with Crippen LogP contribution in [0.3, 0.4) is 0 Å². The highest BCUT2D eigenvalue weighted by molar-refractivity contribution is 7.92. The Morgan fingerprint density at radius 2 is 1.83 bits per heavy atom. The van der Waals surface area contributed by atoms with E-state index in [4.69, 9.17) is 0 Å². The summed E-state index contributed by atoms with van der Waals surface area (Å²) in [6.45, 7) is 1.91. The molecular formula is C18H20N2O3S. The van der Waals surface area contributed by atoms with Gasteiger partial charge in [-0.2, -0.15) is 0 Å². The van der Waals surface area contributed by atoms with Crippen molar-refractivity contribution in [1.82, 2.24) is 5.32 Å². The van der Waals surface area contributed by atoms with Crippen LogP contribution < -0.4 is 9.62 Å². The zero-order valence-electron chi connectivity index (χ0n) is 13.7.